The van der Waals surface area contributed by atoms with Gasteiger partial charge in [0.15, 0.2) is 0 Å². The summed E-state index contributed by atoms with van der Waals surface area (Å²) in [5.41, 5.74) is 13.4. The highest BCUT2D eigenvalue weighted by Gasteiger charge is 2.09. The van der Waals surface area contributed by atoms with Crippen molar-refractivity contribution < 1.29 is 9.53 Å². The molecule has 0 aliphatic carbocycles. The highest BCUT2D eigenvalue weighted by molar-refractivity contribution is 5.92. The smallest absolute Gasteiger partial charge is 0.338 e. The second-order valence-electron chi connectivity index (χ2n) is 3.02. The van der Waals surface area contributed by atoms with E-state index in [0.29, 0.717) is 23.5 Å². The number of carbonyl (C=O) groups excluding carboxylic acids is 1. The zero-order chi connectivity index (χ0) is 10.7. The van der Waals surface area contributed by atoms with E-state index in [4.69, 9.17) is 16.2 Å². The van der Waals surface area contributed by atoms with Crippen LogP contribution in [0.4, 0.5) is 11.4 Å². The van der Waals surface area contributed by atoms with Gasteiger partial charge in [-0.25, -0.2) is 4.79 Å². The van der Waals surface area contributed by atoms with E-state index in [1.165, 1.54) is 6.07 Å². The molecule has 0 aliphatic rings. The molecule has 0 heterocycles. The van der Waals surface area contributed by atoms with E-state index in [0.717, 1.165) is 5.56 Å². The highest BCUT2D eigenvalue weighted by Crippen LogP contribution is 2.21. The van der Waals surface area contributed by atoms with Crippen molar-refractivity contribution in [2.24, 2.45) is 0 Å². The van der Waals surface area contributed by atoms with Crippen molar-refractivity contribution in [1.82, 2.24) is 0 Å². The molecule has 0 radical (unpaired) electrons. The summed E-state index contributed by atoms with van der Waals surface area (Å²) in [6.07, 6.45) is 0. The van der Waals surface area contributed by atoms with E-state index in [9.17, 15) is 4.79 Å². The molecule has 1 rings (SSSR count). The van der Waals surface area contributed by atoms with Gasteiger partial charge in [0, 0.05) is 0 Å². The number of aryl methyl sites for hydroxylation is 1. The molecule has 4 nitrogen and oxygen atoms in total. The van der Waals surface area contributed by atoms with Gasteiger partial charge in [0.05, 0.1) is 23.5 Å². The van der Waals surface area contributed by atoms with Gasteiger partial charge in [-0.15, -0.1) is 0 Å². The van der Waals surface area contributed by atoms with Crippen LogP contribution in [-0.2, 0) is 4.74 Å². The van der Waals surface area contributed by atoms with Crippen molar-refractivity contribution in [3.8, 4) is 0 Å². The second-order valence-corrected chi connectivity index (χ2v) is 3.02. The Morgan fingerprint density at radius 1 is 1.43 bits per heavy atom. The summed E-state index contributed by atoms with van der Waals surface area (Å²) in [4.78, 5) is 11.3. The molecular weight excluding hydrogens is 180 g/mol. The highest BCUT2D eigenvalue weighted by atomic mass is 16.5. The van der Waals surface area contributed by atoms with Gasteiger partial charge >= 0.3 is 5.97 Å². The molecule has 0 saturated heterocycles. The number of carbonyl (C=O) groups is 1. The number of ether oxygens (including phenoxy) is 1. The Labute approximate surface area is 82.8 Å². The summed E-state index contributed by atoms with van der Waals surface area (Å²) in [6, 6.07) is 3.20. The van der Waals surface area contributed by atoms with E-state index in [1.807, 2.05) is 0 Å². The Balaban J connectivity index is 3.06. The van der Waals surface area contributed by atoms with Crippen LogP contribution in [-0.4, -0.2) is 12.6 Å². The first-order valence-corrected chi connectivity index (χ1v) is 4.39. The van der Waals surface area contributed by atoms with Crippen LogP contribution in [0.2, 0.25) is 0 Å². The van der Waals surface area contributed by atoms with Gasteiger partial charge in [-0.1, -0.05) is 0 Å². The van der Waals surface area contributed by atoms with Gasteiger partial charge in [0.25, 0.3) is 0 Å². The molecule has 1 aromatic carbocycles. The predicted molar refractivity (Wildman–Crippen MR) is 56.0 cm³/mol. The van der Waals surface area contributed by atoms with E-state index in [1.54, 1.807) is 19.9 Å². The lowest BCUT2D eigenvalue weighted by Crippen LogP contribution is -2.07. The molecule has 0 aromatic heterocycles. The van der Waals surface area contributed by atoms with Crippen molar-refractivity contribution in [2.45, 2.75) is 13.8 Å². The molecule has 4 heteroatoms. The van der Waals surface area contributed by atoms with Crippen LogP contribution in [0.25, 0.3) is 0 Å². The van der Waals surface area contributed by atoms with E-state index in [2.05, 4.69) is 0 Å². The minimum absolute atomic E-state index is 0.349. The molecule has 0 bridgehead atoms. The van der Waals surface area contributed by atoms with Crippen LogP contribution >= 0.6 is 0 Å². The molecule has 1 aromatic rings. The lowest BCUT2D eigenvalue weighted by Gasteiger charge is -2.07. The van der Waals surface area contributed by atoms with Crippen molar-refractivity contribution in [1.29, 1.82) is 0 Å². The zero-order valence-corrected chi connectivity index (χ0v) is 8.33. The molecule has 76 valence electrons. The lowest BCUT2D eigenvalue weighted by molar-refractivity contribution is 0.0526. The summed E-state index contributed by atoms with van der Waals surface area (Å²) in [5, 5.41) is 0. The van der Waals surface area contributed by atoms with Gasteiger partial charge in [-0.2, -0.15) is 0 Å². The fourth-order valence-corrected chi connectivity index (χ4v) is 1.16. The summed E-state index contributed by atoms with van der Waals surface area (Å²) >= 11 is 0. The first-order valence-electron chi connectivity index (χ1n) is 4.39. The standard InChI is InChI=1S/C10H14N2O2/c1-3-14-10(13)7-4-6(2)9(12)8(11)5-7/h4-5H,3,11-12H2,1-2H3. The monoisotopic (exact) mass is 194 g/mol. The Morgan fingerprint density at radius 3 is 2.57 bits per heavy atom. The second kappa shape index (κ2) is 4.00. The average molecular weight is 194 g/mol. The summed E-state index contributed by atoms with van der Waals surface area (Å²) in [7, 11) is 0. The van der Waals surface area contributed by atoms with Crippen LogP contribution in [0.1, 0.15) is 22.8 Å². The minimum atomic E-state index is -0.373. The molecule has 0 fully saturated rings. The number of nitrogens with two attached hydrogens (primary N) is 2. The Hall–Kier alpha value is -1.71. The molecule has 0 aliphatic heterocycles. The first kappa shape index (κ1) is 10.4. The molecule has 14 heavy (non-hydrogen) atoms. The maximum Gasteiger partial charge on any atom is 0.338 e. The topological polar surface area (TPSA) is 78.3 Å². The Morgan fingerprint density at radius 2 is 2.07 bits per heavy atom. The number of hydrogen-bond donors (Lipinski definition) is 2. The normalized spacial score (nSPS) is 9.86. The molecule has 0 unspecified atom stereocenters. The molecule has 4 N–H and O–H groups in total. The van der Waals surface area contributed by atoms with Crippen LogP contribution in [0.3, 0.4) is 0 Å². The van der Waals surface area contributed by atoms with Crippen LogP contribution < -0.4 is 11.5 Å². The van der Waals surface area contributed by atoms with Crippen molar-refractivity contribution >= 4 is 17.3 Å². The Bertz CT molecular complexity index is 338. The number of hydrogen-bond acceptors (Lipinski definition) is 4. The first-order chi connectivity index (χ1) is 6.56. The van der Waals surface area contributed by atoms with E-state index >= 15 is 0 Å². The molecule has 0 amide bonds. The third-order valence-corrected chi connectivity index (χ3v) is 1.93. The average Bonchev–Trinajstić information content (AvgIpc) is 2.13. The number of anilines is 2. The molecule has 0 saturated carbocycles. The third kappa shape index (κ3) is 1.96. The Kier molecular flexibility index (Phi) is 2.96. The summed E-state index contributed by atoms with van der Waals surface area (Å²) in [5.74, 6) is -0.373. The van der Waals surface area contributed by atoms with Crippen molar-refractivity contribution in [3.63, 3.8) is 0 Å². The molecular formula is C10H14N2O2. The van der Waals surface area contributed by atoms with Gasteiger partial charge < -0.3 is 16.2 Å². The number of benzene rings is 1. The summed E-state index contributed by atoms with van der Waals surface area (Å²) < 4.78 is 4.84. The fourth-order valence-electron chi connectivity index (χ4n) is 1.16. The van der Waals surface area contributed by atoms with Crippen LogP contribution in [0, 0.1) is 6.92 Å². The maximum absolute atomic E-state index is 11.3. The van der Waals surface area contributed by atoms with Crippen LogP contribution in [0.5, 0.6) is 0 Å². The molecule has 0 spiro atoms. The molecule has 0 atom stereocenters. The van der Waals surface area contributed by atoms with Crippen molar-refractivity contribution in [3.05, 3.63) is 23.3 Å². The lowest BCUT2D eigenvalue weighted by atomic mass is 10.1. The SMILES string of the molecule is CCOC(=O)c1cc(C)c(N)c(N)c1. The van der Waals surface area contributed by atoms with Gasteiger partial charge in [-0.05, 0) is 31.5 Å². The van der Waals surface area contributed by atoms with Gasteiger partial charge in [0.2, 0.25) is 0 Å². The van der Waals surface area contributed by atoms with Crippen LogP contribution in [0.15, 0.2) is 12.1 Å². The van der Waals surface area contributed by atoms with E-state index in [-0.39, 0.29) is 5.97 Å². The largest absolute Gasteiger partial charge is 0.462 e. The fraction of sp³-hybridized carbons (Fsp3) is 0.300. The summed E-state index contributed by atoms with van der Waals surface area (Å²) in [6.45, 7) is 3.90. The third-order valence-electron chi connectivity index (χ3n) is 1.93. The number of rotatable bonds is 2. The number of esters is 1. The van der Waals surface area contributed by atoms with Crippen molar-refractivity contribution in [2.75, 3.05) is 18.1 Å². The number of nitrogen functional groups attached to an aromatic ring is 2. The predicted octanol–water partition coefficient (Wildman–Crippen LogP) is 1.34. The van der Waals surface area contributed by atoms with Gasteiger partial charge in [-0.3, -0.25) is 0 Å². The van der Waals surface area contributed by atoms with E-state index < -0.39 is 0 Å². The maximum atomic E-state index is 11.3. The van der Waals surface area contributed by atoms with Gasteiger partial charge in [0.1, 0.15) is 0 Å². The quantitative estimate of drug-likeness (QED) is 0.550. The zero-order valence-electron chi connectivity index (χ0n) is 8.33. The minimum Gasteiger partial charge on any atom is -0.462 e.